The van der Waals surface area contributed by atoms with Crippen LogP contribution in [0.4, 0.5) is 5.13 Å². The molecule has 1 amide bonds. The zero-order valence-corrected chi connectivity index (χ0v) is 22.4. The number of hydrogen-bond acceptors (Lipinski definition) is 7. The van der Waals surface area contributed by atoms with Gasteiger partial charge in [-0.05, 0) is 55.3 Å². The van der Waals surface area contributed by atoms with Gasteiger partial charge in [0.1, 0.15) is 0 Å². The number of sulfonamides is 1. The quantitative estimate of drug-likeness (QED) is 0.434. The topological polar surface area (TPSA) is 83.0 Å². The van der Waals surface area contributed by atoms with E-state index in [-0.39, 0.29) is 10.8 Å². The Kier molecular flexibility index (Phi) is 8.09. The van der Waals surface area contributed by atoms with Crippen molar-refractivity contribution in [1.29, 1.82) is 0 Å². The van der Waals surface area contributed by atoms with Gasteiger partial charge >= 0.3 is 0 Å². The lowest BCUT2D eigenvalue weighted by atomic mass is 10.2. The molecule has 3 aromatic rings. The normalized spacial score (nSPS) is 15.1. The van der Waals surface area contributed by atoms with Gasteiger partial charge < -0.3 is 4.74 Å². The molecule has 0 saturated carbocycles. The Labute approximate surface area is 215 Å². The summed E-state index contributed by atoms with van der Waals surface area (Å²) in [6, 6.07) is 9.78. The van der Waals surface area contributed by atoms with Crippen LogP contribution in [-0.2, 0) is 14.8 Å². The third kappa shape index (κ3) is 5.84. The Balaban J connectivity index is 1.61. The van der Waals surface area contributed by atoms with E-state index < -0.39 is 10.0 Å². The molecule has 0 atom stereocenters. The maximum atomic E-state index is 13.6. The Morgan fingerprint density at radius 3 is 2.51 bits per heavy atom. The number of ether oxygens (including phenoxy) is 1. The molecule has 1 fully saturated rings. The van der Waals surface area contributed by atoms with Gasteiger partial charge in [-0.25, -0.2) is 17.7 Å². The highest BCUT2D eigenvalue weighted by Gasteiger charge is 2.24. The van der Waals surface area contributed by atoms with Crippen LogP contribution in [0.5, 0.6) is 0 Å². The van der Waals surface area contributed by atoms with Gasteiger partial charge in [0, 0.05) is 50.9 Å². The highest BCUT2D eigenvalue weighted by molar-refractivity contribution is 7.89. The van der Waals surface area contributed by atoms with E-state index in [1.54, 1.807) is 17.0 Å². The summed E-state index contributed by atoms with van der Waals surface area (Å²) < 4.78 is 32.3. The van der Waals surface area contributed by atoms with E-state index in [1.165, 1.54) is 37.6 Å². The van der Waals surface area contributed by atoms with Crippen LogP contribution < -0.4 is 4.90 Å². The third-order valence-electron chi connectivity index (χ3n) is 5.95. The first-order valence-electron chi connectivity index (χ1n) is 11.4. The van der Waals surface area contributed by atoms with Gasteiger partial charge in [-0.2, -0.15) is 0 Å². The Hall–Kier alpha value is -2.08. The van der Waals surface area contributed by atoms with Crippen LogP contribution in [-0.4, -0.2) is 82.0 Å². The van der Waals surface area contributed by atoms with Crippen LogP contribution in [0.1, 0.15) is 22.3 Å². The van der Waals surface area contributed by atoms with Crippen LogP contribution in [0.3, 0.4) is 0 Å². The number of thiazole rings is 1. The first kappa shape index (κ1) is 26.0. The van der Waals surface area contributed by atoms with Gasteiger partial charge in [0.25, 0.3) is 5.91 Å². The van der Waals surface area contributed by atoms with Crippen molar-refractivity contribution in [1.82, 2.24) is 14.2 Å². The molecule has 0 spiro atoms. The summed E-state index contributed by atoms with van der Waals surface area (Å²) in [5.74, 6) is -0.219. The van der Waals surface area contributed by atoms with E-state index in [9.17, 15) is 13.2 Å². The molecular weight excluding hydrogens is 508 g/mol. The average Bonchev–Trinajstić information content (AvgIpc) is 3.26. The Morgan fingerprint density at radius 1 is 1.17 bits per heavy atom. The monoisotopic (exact) mass is 536 g/mol. The number of rotatable bonds is 8. The number of aryl methyl sites for hydroxylation is 1. The molecule has 0 aliphatic carbocycles. The number of amides is 1. The van der Waals surface area contributed by atoms with E-state index >= 15 is 0 Å². The molecular formula is C24H29ClN4O4S2. The summed E-state index contributed by atoms with van der Waals surface area (Å²) in [4.78, 5) is 22.6. The molecule has 0 bridgehead atoms. The number of carbonyl (C=O) groups excluding carboxylic acids is 1. The predicted molar refractivity (Wildman–Crippen MR) is 140 cm³/mol. The fourth-order valence-corrected chi connectivity index (χ4v) is 6.30. The largest absolute Gasteiger partial charge is 0.379 e. The molecule has 188 valence electrons. The van der Waals surface area contributed by atoms with Crippen molar-refractivity contribution < 1.29 is 17.9 Å². The van der Waals surface area contributed by atoms with Crippen molar-refractivity contribution in [2.75, 3.05) is 58.4 Å². The zero-order chi connectivity index (χ0) is 25.2. The van der Waals surface area contributed by atoms with Gasteiger partial charge in [0.05, 0.1) is 28.3 Å². The molecule has 2 aromatic carbocycles. The van der Waals surface area contributed by atoms with Crippen molar-refractivity contribution in [3.63, 3.8) is 0 Å². The first-order chi connectivity index (χ1) is 16.7. The number of fused-ring (bicyclic) bond motifs is 1. The summed E-state index contributed by atoms with van der Waals surface area (Å²) in [6.45, 7) is 6.50. The molecule has 1 aromatic heterocycles. The first-order valence-corrected chi connectivity index (χ1v) is 14.0. The fourth-order valence-electron chi connectivity index (χ4n) is 3.96. The van der Waals surface area contributed by atoms with Gasteiger partial charge in [-0.3, -0.25) is 14.6 Å². The third-order valence-corrected chi connectivity index (χ3v) is 9.03. The summed E-state index contributed by atoms with van der Waals surface area (Å²) in [7, 11) is -0.618. The smallest absolute Gasteiger partial charge is 0.260 e. The lowest BCUT2D eigenvalue weighted by Gasteiger charge is -2.27. The van der Waals surface area contributed by atoms with Crippen LogP contribution >= 0.6 is 22.9 Å². The van der Waals surface area contributed by atoms with E-state index in [0.29, 0.717) is 22.3 Å². The minimum Gasteiger partial charge on any atom is -0.379 e. The highest BCUT2D eigenvalue weighted by atomic mass is 35.5. The average molecular weight is 537 g/mol. The van der Waals surface area contributed by atoms with Crippen molar-refractivity contribution in [2.45, 2.75) is 18.2 Å². The Morgan fingerprint density at radius 2 is 1.86 bits per heavy atom. The minimum absolute atomic E-state index is 0.142. The molecule has 2 heterocycles. The lowest BCUT2D eigenvalue weighted by Crippen LogP contribution is -2.39. The van der Waals surface area contributed by atoms with E-state index in [2.05, 4.69) is 4.90 Å². The molecule has 35 heavy (non-hydrogen) atoms. The fraction of sp³-hybridized carbons (Fsp3) is 0.417. The summed E-state index contributed by atoms with van der Waals surface area (Å²) in [5.41, 5.74) is 2.19. The van der Waals surface area contributed by atoms with Gasteiger partial charge in [0.2, 0.25) is 10.0 Å². The second kappa shape index (κ2) is 10.9. The highest BCUT2D eigenvalue weighted by Crippen LogP contribution is 2.34. The summed E-state index contributed by atoms with van der Waals surface area (Å²) >= 11 is 7.67. The Bertz CT molecular complexity index is 1300. The maximum Gasteiger partial charge on any atom is 0.260 e. The molecule has 0 unspecified atom stereocenters. The number of nitrogens with zero attached hydrogens (tertiary/aromatic N) is 4. The van der Waals surface area contributed by atoms with Crippen molar-refractivity contribution in [3.8, 4) is 0 Å². The molecule has 8 nitrogen and oxygen atoms in total. The van der Waals surface area contributed by atoms with Crippen LogP contribution in [0, 0.1) is 6.92 Å². The van der Waals surface area contributed by atoms with Crippen molar-refractivity contribution >= 4 is 54.2 Å². The molecule has 0 N–H and O–H groups in total. The van der Waals surface area contributed by atoms with E-state index in [4.69, 9.17) is 21.3 Å². The lowest BCUT2D eigenvalue weighted by molar-refractivity contribution is 0.0376. The van der Waals surface area contributed by atoms with Crippen LogP contribution in [0.25, 0.3) is 10.2 Å². The molecule has 1 saturated heterocycles. The SMILES string of the molecule is Cc1cc(Cl)cc2sc(N(CCCN3CCOCC3)C(=O)c3ccc(S(=O)(=O)N(C)C)cc3)nc12. The molecule has 4 rings (SSSR count). The predicted octanol–water partition coefficient (Wildman–Crippen LogP) is 3.88. The summed E-state index contributed by atoms with van der Waals surface area (Å²) in [6.07, 6.45) is 0.772. The second-order valence-corrected chi connectivity index (χ2v) is 12.2. The zero-order valence-electron chi connectivity index (χ0n) is 20.0. The van der Waals surface area contributed by atoms with Gasteiger partial charge in [-0.15, -0.1) is 0 Å². The summed E-state index contributed by atoms with van der Waals surface area (Å²) in [5, 5.41) is 1.23. The second-order valence-electron chi connectivity index (χ2n) is 8.64. The molecule has 1 aliphatic heterocycles. The minimum atomic E-state index is -3.57. The number of hydrogen-bond donors (Lipinski definition) is 0. The van der Waals surface area contributed by atoms with Gasteiger partial charge in [-0.1, -0.05) is 22.9 Å². The number of morpholine rings is 1. The molecule has 11 heteroatoms. The maximum absolute atomic E-state index is 13.6. The number of halogens is 1. The van der Waals surface area contributed by atoms with E-state index in [0.717, 1.165) is 59.4 Å². The molecule has 0 radical (unpaired) electrons. The number of anilines is 1. The number of carbonyl (C=O) groups is 1. The van der Waals surface area contributed by atoms with Crippen LogP contribution in [0.15, 0.2) is 41.3 Å². The standard InChI is InChI=1S/C24H29ClN4O4S2/c1-17-15-19(25)16-21-22(17)26-24(34-21)29(10-4-9-28-11-13-33-14-12-28)23(30)18-5-7-20(8-6-18)35(31,32)27(2)3/h5-8,15-16H,4,9-14H2,1-3H3. The van der Waals surface area contributed by atoms with Gasteiger partial charge in [0.15, 0.2) is 5.13 Å². The molecule has 1 aliphatic rings. The van der Waals surface area contributed by atoms with Crippen molar-refractivity contribution in [2.24, 2.45) is 0 Å². The number of benzene rings is 2. The van der Waals surface area contributed by atoms with Crippen molar-refractivity contribution in [3.05, 3.63) is 52.5 Å². The van der Waals surface area contributed by atoms with E-state index in [1.807, 2.05) is 19.1 Å². The van der Waals surface area contributed by atoms with Crippen LogP contribution in [0.2, 0.25) is 5.02 Å². The number of aromatic nitrogens is 1.